The molecule has 2 aliphatic heterocycles. The number of rotatable bonds is 5. The third-order valence-electron chi connectivity index (χ3n) is 4.73. The van der Waals surface area contributed by atoms with Crippen LogP contribution in [-0.2, 0) is 25.4 Å². The first-order valence-electron chi connectivity index (χ1n) is 8.78. The van der Waals surface area contributed by atoms with Crippen molar-refractivity contribution in [1.29, 1.82) is 0 Å². The largest absolute Gasteiger partial charge is 0.444 e. The van der Waals surface area contributed by atoms with E-state index in [4.69, 9.17) is 32.7 Å². The molecule has 1 saturated heterocycles. The second-order valence-electron chi connectivity index (χ2n) is 6.56. The predicted octanol–water partition coefficient (Wildman–Crippen LogP) is 5.39. The van der Waals surface area contributed by atoms with Crippen LogP contribution in [0.4, 0.5) is 8.78 Å². The molecule has 3 heterocycles. The molecule has 1 fully saturated rings. The monoisotopic (exact) mass is 461 g/mol. The Labute approximate surface area is 179 Å². The zero-order valence-corrected chi connectivity index (χ0v) is 17.3. The van der Waals surface area contributed by atoms with Crippen molar-refractivity contribution < 1.29 is 27.8 Å². The summed E-state index contributed by atoms with van der Waals surface area (Å²) in [6.45, 7) is -3.00. The summed E-state index contributed by atoms with van der Waals surface area (Å²) in [5, 5.41) is 2.38. The molecule has 1 aromatic heterocycles. The average molecular weight is 462 g/mol. The first kappa shape index (κ1) is 20.5. The minimum absolute atomic E-state index is 0.0185. The molecule has 3 aliphatic rings. The number of halogens is 4. The lowest BCUT2D eigenvalue weighted by Gasteiger charge is -2.25. The molecule has 1 atom stereocenters. The number of allylic oxidation sites excluding steroid dienone is 2. The van der Waals surface area contributed by atoms with Crippen molar-refractivity contribution >= 4 is 40.7 Å². The van der Waals surface area contributed by atoms with Crippen LogP contribution in [0.5, 0.6) is 0 Å². The fraction of sp³-hybridized carbons (Fsp3) is 0.368. The van der Waals surface area contributed by atoms with Gasteiger partial charge in [-0.05, 0) is 11.8 Å². The maximum atomic E-state index is 13.0. The van der Waals surface area contributed by atoms with Crippen molar-refractivity contribution in [2.45, 2.75) is 38.1 Å². The number of alkyl halides is 2. The van der Waals surface area contributed by atoms with E-state index in [1.54, 1.807) is 17.8 Å². The molecular formula is C19H15Cl2F2NO4S. The summed E-state index contributed by atoms with van der Waals surface area (Å²) in [5.41, 5.74) is 0.790. The van der Waals surface area contributed by atoms with Crippen LogP contribution in [0.3, 0.4) is 0 Å². The molecule has 1 aliphatic carbocycles. The molecule has 10 heteroatoms. The Kier molecular flexibility index (Phi) is 5.77. The molecule has 0 radical (unpaired) electrons. The van der Waals surface area contributed by atoms with E-state index in [2.05, 4.69) is 9.72 Å². The molecule has 1 unspecified atom stereocenters. The van der Waals surface area contributed by atoms with E-state index < -0.39 is 12.4 Å². The fourth-order valence-electron chi connectivity index (χ4n) is 3.34. The van der Waals surface area contributed by atoms with Crippen LogP contribution in [0.15, 0.2) is 46.7 Å². The highest BCUT2D eigenvalue weighted by Crippen LogP contribution is 2.47. The highest BCUT2D eigenvalue weighted by molar-refractivity contribution is 8.02. The van der Waals surface area contributed by atoms with E-state index >= 15 is 0 Å². The predicted molar refractivity (Wildman–Crippen MR) is 104 cm³/mol. The zero-order valence-electron chi connectivity index (χ0n) is 14.9. The lowest BCUT2D eigenvalue weighted by molar-refractivity contribution is -0.116. The van der Waals surface area contributed by atoms with Gasteiger partial charge in [0, 0.05) is 54.6 Å². The molecule has 0 amide bonds. The average Bonchev–Trinajstić information content (AvgIpc) is 3.04. The number of hydrogen-bond acceptors (Lipinski definition) is 6. The van der Waals surface area contributed by atoms with Crippen LogP contribution in [0.2, 0.25) is 10.0 Å². The second kappa shape index (κ2) is 8.16. The number of thioether (sulfide) groups is 1. The number of pyridine rings is 1. The minimum Gasteiger partial charge on any atom is -0.444 e. The van der Waals surface area contributed by atoms with Gasteiger partial charge in [-0.25, -0.2) is 0 Å². The lowest BCUT2D eigenvalue weighted by atomic mass is 9.94. The molecule has 154 valence electrons. The Morgan fingerprint density at radius 2 is 1.97 bits per heavy atom. The van der Waals surface area contributed by atoms with E-state index in [0.717, 1.165) is 5.75 Å². The summed E-state index contributed by atoms with van der Waals surface area (Å²) in [5.74, 6) is -0.478. The number of carbonyl (C=O) groups is 1. The Morgan fingerprint density at radius 1 is 1.24 bits per heavy atom. The number of aromatic nitrogens is 1. The highest BCUT2D eigenvalue weighted by atomic mass is 35.5. The Morgan fingerprint density at radius 3 is 2.62 bits per heavy atom. The van der Waals surface area contributed by atoms with E-state index in [-0.39, 0.29) is 52.4 Å². The zero-order chi connectivity index (χ0) is 20.6. The van der Waals surface area contributed by atoms with Crippen molar-refractivity contribution in [3.63, 3.8) is 0 Å². The van der Waals surface area contributed by atoms with Gasteiger partial charge in [0.2, 0.25) is 5.76 Å². The number of carbonyl (C=O) groups excluding carboxylic acids is 1. The number of ketones is 1. The van der Waals surface area contributed by atoms with Gasteiger partial charge >= 0.3 is 6.61 Å². The topological polar surface area (TPSA) is 57.7 Å². The number of ether oxygens (including phenoxy) is 3. The fourth-order valence-corrected chi connectivity index (χ4v) is 4.68. The standard InChI is InChI=1S/C19H15Cl2F2NO4S/c20-12-8-24-9-13(21)11(12)7-14(25)10-1-2-15(26-18(22)23)17-16(10)27-19(28-17)3-5-29-6-4-19/h3,5,8-9,18H,1-2,4,6-7H2. The molecular weight excluding hydrogens is 447 g/mol. The van der Waals surface area contributed by atoms with Gasteiger partial charge in [0.05, 0.1) is 10.0 Å². The van der Waals surface area contributed by atoms with Crippen LogP contribution < -0.4 is 0 Å². The molecule has 1 spiro atoms. The maximum absolute atomic E-state index is 13.0. The van der Waals surface area contributed by atoms with Crippen molar-refractivity contribution in [2.24, 2.45) is 0 Å². The normalized spacial score (nSPS) is 23.3. The maximum Gasteiger partial charge on any atom is 0.387 e. The lowest BCUT2D eigenvalue weighted by Crippen LogP contribution is -2.29. The molecule has 4 rings (SSSR count). The molecule has 0 saturated carbocycles. The molecule has 0 aromatic carbocycles. The summed E-state index contributed by atoms with van der Waals surface area (Å²) in [4.78, 5) is 16.9. The molecule has 5 nitrogen and oxygen atoms in total. The molecule has 29 heavy (non-hydrogen) atoms. The Balaban J connectivity index is 1.71. The summed E-state index contributed by atoms with van der Waals surface area (Å²) in [7, 11) is 0. The summed E-state index contributed by atoms with van der Waals surface area (Å²) in [6, 6.07) is 0. The number of fused-ring (bicyclic) bond motifs is 1. The van der Waals surface area contributed by atoms with Gasteiger partial charge in [-0.15, -0.1) is 11.8 Å². The summed E-state index contributed by atoms with van der Waals surface area (Å²) >= 11 is 13.8. The quantitative estimate of drug-likeness (QED) is 0.585. The first-order chi connectivity index (χ1) is 13.9. The minimum atomic E-state index is -3.00. The molecule has 0 N–H and O–H groups in total. The smallest absolute Gasteiger partial charge is 0.387 e. The van der Waals surface area contributed by atoms with Crippen LogP contribution >= 0.6 is 35.0 Å². The van der Waals surface area contributed by atoms with Crippen molar-refractivity contribution in [3.8, 4) is 0 Å². The van der Waals surface area contributed by atoms with Crippen LogP contribution in [-0.4, -0.2) is 28.9 Å². The van der Waals surface area contributed by atoms with Gasteiger partial charge in [0.25, 0.3) is 5.79 Å². The summed E-state index contributed by atoms with van der Waals surface area (Å²) in [6.07, 6.45) is 5.24. The third-order valence-corrected chi connectivity index (χ3v) is 6.15. The van der Waals surface area contributed by atoms with Crippen molar-refractivity contribution in [3.05, 3.63) is 62.3 Å². The van der Waals surface area contributed by atoms with Gasteiger partial charge < -0.3 is 14.2 Å². The number of hydrogen-bond donors (Lipinski definition) is 0. The highest BCUT2D eigenvalue weighted by Gasteiger charge is 2.47. The SMILES string of the molecule is O=C(Cc1c(Cl)cncc1Cl)C1=C2OC3(C=CSCC3)OC2=C(OC(F)F)CC1. The van der Waals surface area contributed by atoms with Gasteiger partial charge in [-0.2, -0.15) is 8.78 Å². The van der Waals surface area contributed by atoms with Gasteiger partial charge in [-0.3, -0.25) is 9.78 Å². The van der Waals surface area contributed by atoms with Gasteiger partial charge in [0.1, 0.15) is 5.76 Å². The van der Waals surface area contributed by atoms with Crippen molar-refractivity contribution in [1.82, 2.24) is 4.98 Å². The van der Waals surface area contributed by atoms with E-state index in [9.17, 15) is 13.6 Å². The Hall–Kier alpha value is -1.77. The third kappa shape index (κ3) is 4.11. The number of nitrogens with zero attached hydrogens (tertiary/aromatic N) is 1. The van der Waals surface area contributed by atoms with Crippen molar-refractivity contribution in [2.75, 3.05) is 5.75 Å². The van der Waals surface area contributed by atoms with Gasteiger partial charge in [-0.1, -0.05) is 23.2 Å². The first-order valence-corrected chi connectivity index (χ1v) is 10.6. The molecule has 0 bridgehead atoms. The van der Waals surface area contributed by atoms with E-state index in [1.807, 2.05) is 5.41 Å². The van der Waals surface area contributed by atoms with Crippen LogP contribution in [0, 0.1) is 0 Å². The van der Waals surface area contributed by atoms with Crippen LogP contribution in [0.1, 0.15) is 24.8 Å². The number of Topliss-reactive ketones (excluding diaryl/α,β-unsaturated/α-hetero) is 1. The summed E-state index contributed by atoms with van der Waals surface area (Å²) < 4.78 is 42.3. The van der Waals surface area contributed by atoms with E-state index in [1.165, 1.54) is 12.4 Å². The Bertz CT molecular complexity index is 930. The second-order valence-corrected chi connectivity index (χ2v) is 8.39. The van der Waals surface area contributed by atoms with E-state index in [0.29, 0.717) is 17.6 Å². The molecule has 1 aromatic rings. The van der Waals surface area contributed by atoms with Gasteiger partial charge in [0.15, 0.2) is 11.5 Å². The van der Waals surface area contributed by atoms with Crippen LogP contribution in [0.25, 0.3) is 0 Å².